The van der Waals surface area contributed by atoms with Crippen LogP contribution < -0.4 is 15.4 Å². The minimum Gasteiger partial charge on any atom is -0.493 e. The van der Waals surface area contributed by atoms with Gasteiger partial charge in [-0.25, -0.2) is 4.98 Å². The van der Waals surface area contributed by atoms with Gasteiger partial charge in [0.05, 0.1) is 19.2 Å². The average molecular weight is 411 g/mol. The van der Waals surface area contributed by atoms with Crippen LogP contribution in [0.3, 0.4) is 0 Å². The topological polar surface area (TPSA) is 80.3 Å². The summed E-state index contributed by atoms with van der Waals surface area (Å²) in [4.78, 5) is 27.9. The van der Waals surface area contributed by atoms with Gasteiger partial charge in [0.25, 0.3) is 5.91 Å². The molecule has 0 radical (unpaired) electrons. The fraction of sp³-hybridized carbons (Fsp3) is 0.133. The highest BCUT2D eigenvalue weighted by atomic mass is 127. The highest BCUT2D eigenvalue weighted by Gasteiger charge is 2.12. The minimum absolute atomic E-state index is 0.149. The molecular formula is C15H14IN3O3. The summed E-state index contributed by atoms with van der Waals surface area (Å²) in [5.41, 5.74) is 0.534. The number of amides is 2. The minimum atomic E-state index is -0.378. The Morgan fingerprint density at radius 2 is 2.00 bits per heavy atom. The van der Waals surface area contributed by atoms with Crippen LogP contribution in [0.25, 0.3) is 0 Å². The lowest BCUT2D eigenvalue weighted by atomic mass is 10.2. The van der Waals surface area contributed by atoms with E-state index in [-0.39, 0.29) is 18.4 Å². The van der Waals surface area contributed by atoms with Crippen molar-refractivity contribution in [2.75, 3.05) is 19.0 Å². The van der Waals surface area contributed by atoms with Crippen molar-refractivity contribution in [1.29, 1.82) is 0 Å². The lowest BCUT2D eigenvalue weighted by Crippen LogP contribution is -2.33. The van der Waals surface area contributed by atoms with Crippen LogP contribution in [0.2, 0.25) is 0 Å². The molecule has 114 valence electrons. The van der Waals surface area contributed by atoms with E-state index in [0.29, 0.717) is 17.1 Å². The Bertz CT molecular complexity index is 691. The highest BCUT2D eigenvalue weighted by Crippen LogP contribution is 2.19. The number of nitrogens with one attached hydrogen (secondary N) is 2. The molecule has 2 aromatic rings. The van der Waals surface area contributed by atoms with E-state index in [9.17, 15) is 9.59 Å². The second-order valence-electron chi connectivity index (χ2n) is 4.26. The molecule has 0 saturated heterocycles. The standard InChI is InChI=1S/C15H14IN3O3/c1-22-12-7-4-8-17-14(12)19-13(20)9-18-15(21)10-5-2-3-6-11(10)16/h2-8H,9H2,1H3,(H,18,21)(H,17,19,20). The monoisotopic (exact) mass is 411 g/mol. The van der Waals surface area contributed by atoms with Gasteiger partial charge in [0.15, 0.2) is 11.6 Å². The van der Waals surface area contributed by atoms with Gasteiger partial charge in [0, 0.05) is 9.77 Å². The zero-order valence-corrected chi connectivity index (χ0v) is 14.0. The third-order valence-corrected chi connectivity index (χ3v) is 3.72. The predicted octanol–water partition coefficient (Wildman–Crippen LogP) is 2.06. The fourth-order valence-corrected chi connectivity index (χ4v) is 2.36. The summed E-state index contributed by atoms with van der Waals surface area (Å²) in [6.07, 6.45) is 1.54. The molecule has 0 fully saturated rings. The van der Waals surface area contributed by atoms with E-state index in [4.69, 9.17) is 4.74 Å². The third-order valence-electron chi connectivity index (χ3n) is 2.78. The summed E-state index contributed by atoms with van der Waals surface area (Å²) in [6, 6.07) is 10.5. The van der Waals surface area contributed by atoms with Crippen LogP contribution in [0.1, 0.15) is 10.4 Å². The van der Waals surface area contributed by atoms with Crippen LogP contribution in [-0.4, -0.2) is 30.5 Å². The maximum atomic E-state index is 12.0. The number of hydrogen-bond donors (Lipinski definition) is 2. The zero-order valence-electron chi connectivity index (χ0n) is 11.8. The molecule has 0 bridgehead atoms. The number of anilines is 1. The van der Waals surface area contributed by atoms with Gasteiger partial charge in [-0.2, -0.15) is 0 Å². The number of carbonyl (C=O) groups excluding carboxylic acids is 2. The number of pyridine rings is 1. The van der Waals surface area contributed by atoms with E-state index in [1.165, 1.54) is 7.11 Å². The lowest BCUT2D eigenvalue weighted by molar-refractivity contribution is -0.115. The van der Waals surface area contributed by atoms with Gasteiger partial charge >= 0.3 is 0 Å². The molecule has 2 rings (SSSR count). The Morgan fingerprint density at radius 1 is 1.23 bits per heavy atom. The van der Waals surface area contributed by atoms with Crippen LogP contribution >= 0.6 is 22.6 Å². The van der Waals surface area contributed by atoms with Crippen molar-refractivity contribution in [2.24, 2.45) is 0 Å². The Labute approximate surface area is 141 Å². The van der Waals surface area contributed by atoms with Crippen LogP contribution in [0.15, 0.2) is 42.6 Å². The van der Waals surface area contributed by atoms with Gasteiger partial charge in [0.2, 0.25) is 5.91 Å². The first-order valence-electron chi connectivity index (χ1n) is 6.43. The maximum Gasteiger partial charge on any atom is 0.252 e. The number of rotatable bonds is 5. The van der Waals surface area contributed by atoms with Gasteiger partial charge in [-0.15, -0.1) is 0 Å². The molecule has 1 heterocycles. The zero-order chi connectivity index (χ0) is 15.9. The third kappa shape index (κ3) is 4.17. The Kier molecular flexibility index (Phi) is 5.70. The van der Waals surface area contributed by atoms with Gasteiger partial charge in [-0.3, -0.25) is 9.59 Å². The maximum absolute atomic E-state index is 12.0. The number of carbonyl (C=O) groups is 2. The predicted molar refractivity (Wildman–Crippen MR) is 90.9 cm³/mol. The molecule has 0 unspecified atom stereocenters. The quantitative estimate of drug-likeness (QED) is 0.739. The van der Waals surface area contributed by atoms with E-state index in [0.717, 1.165) is 3.57 Å². The van der Waals surface area contributed by atoms with Crippen LogP contribution in [0, 0.1) is 3.57 Å². The van der Waals surface area contributed by atoms with E-state index < -0.39 is 0 Å². The number of benzene rings is 1. The second-order valence-corrected chi connectivity index (χ2v) is 5.43. The molecule has 22 heavy (non-hydrogen) atoms. The van der Waals surface area contributed by atoms with Gasteiger partial charge in [-0.05, 0) is 46.9 Å². The Hall–Kier alpha value is -2.16. The number of methoxy groups -OCH3 is 1. The fourth-order valence-electron chi connectivity index (χ4n) is 1.73. The molecule has 6 nitrogen and oxygen atoms in total. The summed E-state index contributed by atoms with van der Waals surface area (Å²) < 4.78 is 5.91. The first kappa shape index (κ1) is 16.2. The molecule has 7 heteroatoms. The molecule has 2 N–H and O–H groups in total. The summed E-state index contributed by atoms with van der Waals surface area (Å²) in [7, 11) is 1.49. The van der Waals surface area contributed by atoms with Crippen molar-refractivity contribution in [3.63, 3.8) is 0 Å². The molecule has 2 amide bonds. The van der Waals surface area contributed by atoms with Crippen molar-refractivity contribution in [2.45, 2.75) is 0 Å². The molecule has 0 aliphatic heterocycles. The number of nitrogens with zero attached hydrogens (tertiary/aromatic N) is 1. The van der Waals surface area contributed by atoms with Crippen molar-refractivity contribution in [3.05, 3.63) is 51.7 Å². The normalized spacial score (nSPS) is 9.91. The number of aromatic nitrogens is 1. The molecule has 0 atom stereocenters. The Balaban J connectivity index is 1.93. The van der Waals surface area contributed by atoms with Crippen LogP contribution in [0.4, 0.5) is 5.82 Å². The molecule has 0 spiro atoms. The van der Waals surface area contributed by atoms with Crippen molar-refractivity contribution in [3.8, 4) is 5.75 Å². The summed E-state index contributed by atoms with van der Waals surface area (Å²) in [5, 5.41) is 5.16. The largest absolute Gasteiger partial charge is 0.493 e. The first-order valence-corrected chi connectivity index (χ1v) is 7.51. The summed E-state index contributed by atoms with van der Waals surface area (Å²) >= 11 is 2.07. The molecule has 0 saturated carbocycles. The first-order chi connectivity index (χ1) is 10.6. The van der Waals surface area contributed by atoms with Crippen LogP contribution in [0.5, 0.6) is 5.75 Å². The van der Waals surface area contributed by atoms with Gasteiger partial charge < -0.3 is 15.4 Å². The second kappa shape index (κ2) is 7.74. The molecular weight excluding hydrogens is 397 g/mol. The van der Waals surface area contributed by atoms with Crippen molar-refractivity contribution >= 4 is 40.2 Å². The van der Waals surface area contributed by atoms with E-state index in [1.54, 1.807) is 30.5 Å². The molecule has 0 aliphatic carbocycles. The van der Waals surface area contributed by atoms with E-state index in [1.807, 2.05) is 12.1 Å². The molecule has 0 aliphatic rings. The number of ether oxygens (including phenoxy) is 1. The number of hydrogen-bond acceptors (Lipinski definition) is 4. The SMILES string of the molecule is COc1cccnc1NC(=O)CNC(=O)c1ccccc1I. The van der Waals surface area contributed by atoms with Crippen molar-refractivity contribution in [1.82, 2.24) is 10.3 Å². The van der Waals surface area contributed by atoms with Crippen molar-refractivity contribution < 1.29 is 14.3 Å². The summed E-state index contributed by atoms with van der Waals surface area (Å²) in [6.45, 7) is -0.149. The summed E-state index contributed by atoms with van der Waals surface area (Å²) in [5.74, 6) is 0.0998. The van der Waals surface area contributed by atoms with Gasteiger partial charge in [0.1, 0.15) is 0 Å². The van der Waals surface area contributed by atoms with Gasteiger partial charge in [-0.1, -0.05) is 12.1 Å². The lowest BCUT2D eigenvalue weighted by Gasteiger charge is -2.09. The number of halogens is 1. The molecule has 1 aromatic carbocycles. The average Bonchev–Trinajstić information content (AvgIpc) is 2.53. The Morgan fingerprint density at radius 3 is 2.73 bits per heavy atom. The van der Waals surface area contributed by atoms with E-state index in [2.05, 4.69) is 38.2 Å². The highest BCUT2D eigenvalue weighted by molar-refractivity contribution is 14.1. The smallest absolute Gasteiger partial charge is 0.252 e. The van der Waals surface area contributed by atoms with E-state index >= 15 is 0 Å². The molecule has 1 aromatic heterocycles. The van der Waals surface area contributed by atoms with Crippen LogP contribution in [-0.2, 0) is 4.79 Å².